The van der Waals surface area contributed by atoms with Crippen molar-refractivity contribution in [2.24, 2.45) is 5.41 Å². The van der Waals surface area contributed by atoms with Crippen molar-refractivity contribution in [3.8, 4) is 6.07 Å². The first-order chi connectivity index (χ1) is 7.54. The SMILES string of the molecule is Cc1ccc2c(c1)/C(=C/C#N)C(C)(C)CC2. The number of nitrogens with zero attached hydrogens (tertiary/aromatic N) is 1. The Bertz CT molecular complexity index is 487. The molecule has 0 saturated heterocycles. The minimum atomic E-state index is 0.122. The van der Waals surface area contributed by atoms with Gasteiger partial charge in [-0.15, -0.1) is 0 Å². The van der Waals surface area contributed by atoms with E-state index in [0.29, 0.717) is 0 Å². The van der Waals surface area contributed by atoms with Crippen LogP contribution in [0.5, 0.6) is 0 Å². The summed E-state index contributed by atoms with van der Waals surface area (Å²) in [4.78, 5) is 0. The number of allylic oxidation sites excluding steroid dienone is 2. The van der Waals surface area contributed by atoms with Gasteiger partial charge in [-0.1, -0.05) is 37.6 Å². The van der Waals surface area contributed by atoms with Gasteiger partial charge in [0.1, 0.15) is 0 Å². The van der Waals surface area contributed by atoms with Crippen molar-refractivity contribution < 1.29 is 0 Å². The Morgan fingerprint density at radius 1 is 1.38 bits per heavy atom. The van der Waals surface area contributed by atoms with Crippen LogP contribution >= 0.6 is 0 Å². The highest BCUT2D eigenvalue weighted by molar-refractivity contribution is 5.75. The second-order valence-corrected chi connectivity index (χ2v) is 5.23. The summed E-state index contributed by atoms with van der Waals surface area (Å²) in [5, 5.41) is 8.92. The van der Waals surface area contributed by atoms with Crippen molar-refractivity contribution >= 4 is 5.57 Å². The molecule has 0 atom stereocenters. The van der Waals surface area contributed by atoms with E-state index in [0.717, 1.165) is 12.8 Å². The monoisotopic (exact) mass is 211 g/mol. The van der Waals surface area contributed by atoms with E-state index in [1.54, 1.807) is 6.08 Å². The van der Waals surface area contributed by atoms with Gasteiger partial charge >= 0.3 is 0 Å². The molecule has 1 aromatic rings. The van der Waals surface area contributed by atoms with E-state index in [2.05, 4.69) is 45.0 Å². The number of hydrogen-bond donors (Lipinski definition) is 0. The molecule has 1 aromatic carbocycles. The summed E-state index contributed by atoms with van der Waals surface area (Å²) in [6, 6.07) is 8.75. The lowest BCUT2D eigenvalue weighted by atomic mass is 9.70. The van der Waals surface area contributed by atoms with E-state index in [4.69, 9.17) is 5.26 Å². The molecule has 1 heteroatoms. The molecule has 0 aromatic heterocycles. The summed E-state index contributed by atoms with van der Waals surface area (Å²) in [6.07, 6.45) is 3.96. The van der Waals surface area contributed by atoms with Crippen LogP contribution in [0.25, 0.3) is 5.57 Å². The van der Waals surface area contributed by atoms with Crippen LogP contribution in [0.3, 0.4) is 0 Å². The quantitative estimate of drug-likeness (QED) is 0.597. The molecule has 82 valence electrons. The van der Waals surface area contributed by atoms with Crippen LogP contribution in [0, 0.1) is 23.7 Å². The normalized spacial score (nSPS) is 20.2. The molecule has 0 heterocycles. The fourth-order valence-electron chi connectivity index (χ4n) is 2.44. The smallest absolute Gasteiger partial charge is 0.0915 e. The maximum atomic E-state index is 8.92. The first-order valence-electron chi connectivity index (χ1n) is 5.75. The van der Waals surface area contributed by atoms with Gasteiger partial charge < -0.3 is 0 Å². The summed E-state index contributed by atoms with van der Waals surface area (Å²) in [5.74, 6) is 0. The maximum Gasteiger partial charge on any atom is 0.0915 e. The lowest BCUT2D eigenvalue weighted by Gasteiger charge is -2.34. The minimum Gasteiger partial charge on any atom is -0.193 e. The molecule has 0 bridgehead atoms. The second kappa shape index (κ2) is 3.79. The largest absolute Gasteiger partial charge is 0.193 e. The van der Waals surface area contributed by atoms with Gasteiger partial charge in [0.15, 0.2) is 0 Å². The highest BCUT2D eigenvalue weighted by Gasteiger charge is 2.30. The van der Waals surface area contributed by atoms with Gasteiger partial charge in [-0.05, 0) is 41.9 Å². The van der Waals surface area contributed by atoms with Crippen LogP contribution in [-0.4, -0.2) is 0 Å². The molecule has 0 N–H and O–H groups in total. The van der Waals surface area contributed by atoms with Crippen molar-refractivity contribution in [1.29, 1.82) is 5.26 Å². The molecule has 0 radical (unpaired) electrons. The zero-order valence-electron chi connectivity index (χ0n) is 10.2. The van der Waals surface area contributed by atoms with Crippen molar-refractivity contribution in [2.75, 3.05) is 0 Å². The van der Waals surface area contributed by atoms with E-state index in [-0.39, 0.29) is 5.41 Å². The lowest BCUT2D eigenvalue weighted by Crippen LogP contribution is -2.21. The first-order valence-corrected chi connectivity index (χ1v) is 5.75. The van der Waals surface area contributed by atoms with Gasteiger partial charge in [0, 0.05) is 6.08 Å². The fraction of sp³-hybridized carbons (Fsp3) is 0.400. The van der Waals surface area contributed by atoms with Gasteiger partial charge in [0.25, 0.3) is 0 Å². The minimum absolute atomic E-state index is 0.122. The first kappa shape index (κ1) is 11.0. The Balaban J connectivity index is 2.63. The number of aryl methyl sites for hydroxylation is 2. The Kier molecular flexibility index (Phi) is 2.59. The molecule has 0 unspecified atom stereocenters. The van der Waals surface area contributed by atoms with Crippen molar-refractivity contribution in [1.82, 2.24) is 0 Å². The topological polar surface area (TPSA) is 23.8 Å². The van der Waals surface area contributed by atoms with E-state index < -0.39 is 0 Å². The van der Waals surface area contributed by atoms with Gasteiger partial charge in [-0.3, -0.25) is 0 Å². The van der Waals surface area contributed by atoms with Gasteiger partial charge in [0.05, 0.1) is 6.07 Å². The number of benzene rings is 1. The maximum absolute atomic E-state index is 8.92. The number of rotatable bonds is 0. The van der Waals surface area contributed by atoms with Crippen molar-refractivity contribution in [3.63, 3.8) is 0 Å². The molecule has 16 heavy (non-hydrogen) atoms. The van der Waals surface area contributed by atoms with Crippen LogP contribution in [0.15, 0.2) is 24.3 Å². The number of hydrogen-bond acceptors (Lipinski definition) is 1. The second-order valence-electron chi connectivity index (χ2n) is 5.23. The lowest BCUT2D eigenvalue weighted by molar-refractivity contribution is 0.443. The fourth-order valence-corrected chi connectivity index (χ4v) is 2.44. The van der Waals surface area contributed by atoms with Gasteiger partial charge in [0.2, 0.25) is 0 Å². The summed E-state index contributed by atoms with van der Waals surface area (Å²) >= 11 is 0. The molecule has 2 rings (SSSR count). The average Bonchev–Trinajstić information content (AvgIpc) is 2.23. The average molecular weight is 211 g/mol. The Morgan fingerprint density at radius 2 is 2.12 bits per heavy atom. The highest BCUT2D eigenvalue weighted by Crippen LogP contribution is 2.44. The summed E-state index contributed by atoms with van der Waals surface area (Å²) in [5.41, 5.74) is 5.24. The zero-order valence-corrected chi connectivity index (χ0v) is 10.2. The molecular weight excluding hydrogens is 194 g/mol. The molecule has 0 saturated carbocycles. The van der Waals surface area contributed by atoms with Crippen LogP contribution in [0.4, 0.5) is 0 Å². The Labute approximate surface area is 97.4 Å². The predicted molar refractivity (Wildman–Crippen MR) is 66.9 cm³/mol. The van der Waals surface area contributed by atoms with Crippen LogP contribution in [0.2, 0.25) is 0 Å². The molecule has 1 aliphatic rings. The molecule has 0 aliphatic heterocycles. The molecule has 1 nitrogen and oxygen atoms in total. The van der Waals surface area contributed by atoms with E-state index in [9.17, 15) is 0 Å². The van der Waals surface area contributed by atoms with Crippen molar-refractivity contribution in [2.45, 2.75) is 33.6 Å². The van der Waals surface area contributed by atoms with Gasteiger partial charge in [-0.25, -0.2) is 0 Å². The van der Waals surface area contributed by atoms with E-state index in [1.165, 1.54) is 22.3 Å². The van der Waals surface area contributed by atoms with Crippen molar-refractivity contribution in [3.05, 3.63) is 41.0 Å². The summed E-state index contributed by atoms with van der Waals surface area (Å²) in [6.45, 7) is 6.55. The summed E-state index contributed by atoms with van der Waals surface area (Å²) < 4.78 is 0. The van der Waals surface area contributed by atoms with E-state index in [1.807, 2.05) is 0 Å². The molecule has 0 fully saturated rings. The molecule has 0 spiro atoms. The van der Waals surface area contributed by atoms with E-state index >= 15 is 0 Å². The molecular formula is C15H17N. The Hall–Kier alpha value is -1.55. The van der Waals surface area contributed by atoms with Crippen LogP contribution < -0.4 is 0 Å². The third-order valence-corrected chi connectivity index (χ3v) is 3.51. The van der Waals surface area contributed by atoms with Crippen LogP contribution in [-0.2, 0) is 6.42 Å². The molecule has 0 amide bonds. The molecule has 1 aliphatic carbocycles. The predicted octanol–water partition coefficient (Wildman–Crippen LogP) is 3.87. The Morgan fingerprint density at radius 3 is 2.81 bits per heavy atom. The standard InChI is InChI=1S/C15H17N/c1-11-4-5-12-6-8-15(2,3)14(7-9-16)13(12)10-11/h4-5,7,10H,6,8H2,1-3H3/b14-7-. The zero-order chi connectivity index (χ0) is 11.8. The third-order valence-electron chi connectivity index (χ3n) is 3.51. The highest BCUT2D eigenvalue weighted by atomic mass is 14.3. The third kappa shape index (κ3) is 1.76. The summed E-state index contributed by atoms with van der Waals surface area (Å²) in [7, 11) is 0. The number of nitriles is 1. The van der Waals surface area contributed by atoms with Gasteiger partial charge in [-0.2, -0.15) is 5.26 Å². The number of fused-ring (bicyclic) bond motifs is 1. The van der Waals surface area contributed by atoms with Crippen LogP contribution in [0.1, 0.15) is 37.0 Å².